The molecule has 3 heterocycles. The zero-order valence-corrected chi connectivity index (χ0v) is 20.6. The fraction of sp³-hybridized carbons (Fsp3) is 0.481. The molecule has 0 unspecified atom stereocenters. The van der Waals surface area contributed by atoms with Crippen LogP contribution in [0.2, 0.25) is 0 Å². The third-order valence-electron chi connectivity index (χ3n) is 7.32. The third kappa shape index (κ3) is 4.95. The zero-order valence-electron chi connectivity index (χ0n) is 20.6. The van der Waals surface area contributed by atoms with Crippen molar-refractivity contribution in [3.63, 3.8) is 0 Å². The van der Waals surface area contributed by atoms with Crippen molar-refractivity contribution in [1.29, 1.82) is 0 Å². The van der Waals surface area contributed by atoms with E-state index >= 15 is 0 Å². The van der Waals surface area contributed by atoms with Crippen LogP contribution in [0.3, 0.4) is 0 Å². The highest BCUT2D eigenvalue weighted by atomic mass is 16.5. The van der Waals surface area contributed by atoms with Crippen LogP contribution < -0.4 is 5.32 Å². The maximum Gasteiger partial charge on any atom is 0.325 e. The highest BCUT2D eigenvalue weighted by Crippen LogP contribution is 2.37. The van der Waals surface area contributed by atoms with Crippen molar-refractivity contribution in [3.8, 4) is 11.8 Å². The minimum Gasteiger partial charge on any atom is -0.361 e. The van der Waals surface area contributed by atoms with Gasteiger partial charge in [0.2, 0.25) is 5.91 Å². The van der Waals surface area contributed by atoms with Gasteiger partial charge in [-0.15, -0.1) is 5.92 Å². The fourth-order valence-corrected chi connectivity index (χ4v) is 5.22. The van der Waals surface area contributed by atoms with E-state index in [9.17, 15) is 14.4 Å². The van der Waals surface area contributed by atoms with E-state index in [1.54, 1.807) is 6.92 Å². The predicted molar refractivity (Wildman–Crippen MR) is 130 cm³/mol. The summed E-state index contributed by atoms with van der Waals surface area (Å²) in [6.45, 7) is 6.51. The molecule has 2 aliphatic rings. The molecule has 4 rings (SSSR count). The van der Waals surface area contributed by atoms with Gasteiger partial charge in [-0.2, -0.15) is 0 Å². The van der Waals surface area contributed by atoms with Gasteiger partial charge in [0.15, 0.2) is 0 Å². The number of nitrogens with one attached hydrogen (secondary N) is 1. The van der Waals surface area contributed by atoms with Crippen molar-refractivity contribution in [2.24, 2.45) is 5.92 Å². The first kappa shape index (κ1) is 24.5. The Morgan fingerprint density at radius 1 is 1.20 bits per heavy atom. The van der Waals surface area contributed by atoms with Crippen LogP contribution in [0.1, 0.15) is 48.8 Å². The van der Waals surface area contributed by atoms with Gasteiger partial charge in [-0.1, -0.05) is 41.4 Å². The average Bonchev–Trinajstić information content (AvgIpc) is 3.32. The van der Waals surface area contributed by atoms with E-state index in [2.05, 4.69) is 22.3 Å². The predicted octanol–water partition coefficient (Wildman–Crippen LogP) is 3.02. The molecule has 0 aliphatic carbocycles. The Hall–Kier alpha value is -3.60. The maximum atomic E-state index is 13.6. The van der Waals surface area contributed by atoms with Gasteiger partial charge in [0.05, 0.1) is 18.7 Å². The molecule has 0 bridgehead atoms. The number of imide groups is 1. The molecule has 0 spiro atoms. The molecule has 1 N–H and O–H groups in total. The number of hydrogen-bond acceptors (Lipinski definition) is 5. The van der Waals surface area contributed by atoms with Crippen LogP contribution in [-0.4, -0.2) is 58.0 Å². The molecule has 4 amide bonds. The molecule has 1 aromatic carbocycles. The topological polar surface area (TPSA) is 95.8 Å². The van der Waals surface area contributed by atoms with E-state index in [4.69, 9.17) is 4.52 Å². The molecule has 35 heavy (non-hydrogen) atoms. The Balaban J connectivity index is 1.49. The molecular formula is C27H32N4O4. The minimum atomic E-state index is -0.987. The van der Waals surface area contributed by atoms with Gasteiger partial charge < -0.3 is 14.7 Å². The molecule has 8 heteroatoms. The summed E-state index contributed by atoms with van der Waals surface area (Å²) in [7, 11) is 0. The fourth-order valence-electron chi connectivity index (χ4n) is 5.22. The number of urea groups is 1. The van der Waals surface area contributed by atoms with Crippen molar-refractivity contribution >= 4 is 17.8 Å². The minimum absolute atomic E-state index is 0.0258. The maximum absolute atomic E-state index is 13.6. The van der Waals surface area contributed by atoms with Crippen LogP contribution >= 0.6 is 0 Å². The lowest BCUT2D eigenvalue weighted by Crippen LogP contribution is -2.57. The second-order valence-electron chi connectivity index (χ2n) is 9.34. The number of likely N-dealkylation sites (tertiary alicyclic amines) is 1. The monoisotopic (exact) mass is 476 g/mol. The molecule has 1 aromatic heterocycles. The van der Waals surface area contributed by atoms with Crippen molar-refractivity contribution in [2.75, 3.05) is 19.6 Å². The van der Waals surface area contributed by atoms with Gasteiger partial charge >= 0.3 is 6.03 Å². The van der Waals surface area contributed by atoms with Crippen LogP contribution in [0.15, 0.2) is 34.9 Å². The first-order valence-corrected chi connectivity index (χ1v) is 12.1. The van der Waals surface area contributed by atoms with Gasteiger partial charge in [0, 0.05) is 18.7 Å². The van der Waals surface area contributed by atoms with E-state index in [0.29, 0.717) is 44.5 Å². The highest BCUT2D eigenvalue weighted by molar-refractivity contribution is 6.07. The van der Waals surface area contributed by atoms with Crippen LogP contribution in [0.5, 0.6) is 0 Å². The van der Waals surface area contributed by atoms with E-state index in [0.717, 1.165) is 16.8 Å². The van der Waals surface area contributed by atoms with Gasteiger partial charge in [-0.3, -0.25) is 14.5 Å². The number of piperidine rings is 1. The number of hydrogen-bond donors (Lipinski definition) is 1. The van der Waals surface area contributed by atoms with E-state index in [1.807, 2.05) is 49.1 Å². The Labute approximate surface area is 206 Å². The molecule has 0 saturated carbocycles. The van der Waals surface area contributed by atoms with Gasteiger partial charge in [-0.05, 0) is 57.9 Å². The molecule has 2 aliphatic heterocycles. The second kappa shape index (κ2) is 10.3. The van der Waals surface area contributed by atoms with Crippen molar-refractivity contribution in [3.05, 3.63) is 52.9 Å². The number of carbonyl (C=O) groups excluding carboxylic acids is 3. The molecule has 8 nitrogen and oxygen atoms in total. The summed E-state index contributed by atoms with van der Waals surface area (Å²) in [4.78, 5) is 42.5. The number of rotatable bonds is 7. The van der Waals surface area contributed by atoms with Gasteiger partial charge in [0.1, 0.15) is 11.3 Å². The van der Waals surface area contributed by atoms with E-state index < -0.39 is 5.54 Å². The number of aryl methyl sites for hydroxylation is 3. The average molecular weight is 477 g/mol. The van der Waals surface area contributed by atoms with Crippen LogP contribution in [0, 0.1) is 31.6 Å². The second-order valence-corrected chi connectivity index (χ2v) is 9.34. The number of aromatic nitrogens is 1. The third-order valence-corrected chi connectivity index (χ3v) is 7.32. The van der Waals surface area contributed by atoms with E-state index in [-0.39, 0.29) is 36.7 Å². The lowest BCUT2D eigenvalue weighted by Gasteiger charge is -2.41. The normalized spacial score (nSPS) is 20.5. The summed E-state index contributed by atoms with van der Waals surface area (Å²) in [6, 6.07) is 9.59. The largest absolute Gasteiger partial charge is 0.361 e. The van der Waals surface area contributed by atoms with Crippen LogP contribution in [0.4, 0.5) is 4.79 Å². The van der Waals surface area contributed by atoms with Crippen molar-refractivity contribution in [1.82, 2.24) is 20.3 Å². The Morgan fingerprint density at radius 3 is 2.54 bits per heavy atom. The first-order chi connectivity index (χ1) is 16.9. The SMILES string of the molecule is CC#CCN1C(=O)N[C@](CCc2ccccc2)(C2CCN(C(=O)Cc3c(C)noc3C)CC2)C1=O. The Morgan fingerprint density at radius 2 is 1.91 bits per heavy atom. The van der Waals surface area contributed by atoms with Crippen LogP contribution in [-0.2, 0) is 22.4 Å². The molecular weight excluding hydrogens is 444 g/mol. The summed E-state index contributed by atoms with van der Waals surface area (Å²) >= 11 is 0. The summed E-state index contributed by atoms with van der Waals surface area (Å²) in [5, 5.41) is 7.00. The Kier molecular flexibility index (Phi) is 7.25. The van der Waals surface area contributed by atoms with Crippen molar-refractivity contribution in [2.45, 2.75) is 58.4 Å². The van der Waals surface area contributed by atoms with Crippen molar-refractivity contribution < 1.29 is 18.9 Å². The lowest BCUT2D eigenvalue weighted by atomic mass is 9.74. The molecule has 2 saturated heterocycles. The molecule has 0 radical (unpaired) electrons. The number of benzene rings is 1. The summed E-state index contributed by atoms with van der Waals surface area (Å²) in [5.41, 5.74) is 1.70. The smallest absolute Gasteiger partial charge is 0.325 e. The summed E-state index contributed by atoms with van der Waals surface area (Å²) < 4.78 is 5.19. The highest BCUT2D eigenvalue weighted by Gasteiger charge is 2.55. The number of carbonyl (C=O) groups is 3. The summed E-state index contributed by atoms with van der Waals surface area (Å²) in [5.74, 6) is 6.03. The first-order valence-electron chi connectivity index (χ1n) is 12.1. The van der Waals surface area contributed by atoms with Crippen LogP contribution in [0.25, 0.3) is 0 Å². The van der Waals surface area contributed by atoms with Gasteiger partial charge in [-0.25, -0.2) is 4.79 Å². The number of amides is 4. The summed E-state index contributed by atoms with van der Waals surface area (Å²) in [6.07, 6.45) is 2.72. The number of nitrogens with zero attached hydrogens (tertiary/aromatic N) is 3. The molecule has 1 atom stereocenters. The zero-order chi connectivity index (χ0) is 25.0. The molecule has 2 fully saturated rings. The quantitative estimate of drug-likeness (QED) is 0.490. The molecule has 184 valence electrons. The lowest BCUT2D eigenvalue weighted by molar-refractivity contribution is -0.135. The molecule has 2 aromatic rings. The van der Waals surface area contributed by atoms with E-state index in [1.165, 1.54) is 4.90 Å². The van der Waals surface area contributed by atoms with Gasteiger partial charge in [0.25, 0.3) is 5.91 Å². The standard InChI is InChI=1S/C27H32N4O4/c1-4-5-15-31-25(33)27(28-26(31)34,14-11-21-9-7-6-8-10-21)22-12-16-30(17-13-22)24(32)18-23-19(2)29-35-20(23)3/h6-10,22H,11-18H2,1-3H3,(H,28,34)/t27-/m1/s1. The Bertz CT molecular complexity index is 1140.